The molecule has 0 saturated carbocycles. The number of hydrogen-bond donors (Lipinski definition) is 0. The fourth-order valence-corrected chi connectivity index (χ4v) is 8.29. The quantitative estimate of drug-likeness (QED) is 0.136. The van der Waals surface area contributed by atoms with Crippen molar-refractivity contribution in [3.63, 3.8) is 0 Å². The van der Waals surface area contributed by atoms with Crippen LogP contribution in [-0.4, -0.2) is 76.5 Å². The summed E-state index contributed by atoms with van der Waals surface area (Å²) < 4.78 is 47.6. The van der Waals surface area contributed by atoms with Crippen LogP contribution < -0.4 is 14.5 Å². The number of fused-ring (bicyclic) bond motifs is 1. The van der Waals surface area contributed by atoms with E-state index in [0.717, 1.165) is 92.1 Å². The summed E-state index contributed by atoms with van der Waals surface area (Å²) in [6.07, 6.45) is 7.46. The minimum absolute atomic E-state index is 0.211. The number of piperazine rings is 1. The summed E-state index contributed by atoms with van der Waals surface area (Å²) in [7, 11) is -3.85. The van der Waals surface area contributed by atoms with Gasteiger partial charge in [0.05, 0.1) is 22.7 Å². The van der Waals surface area contributed by atoms with Crippen molar-refractivity contribution in [2.75, 3.05) is 61.9 Å². The van der Waals surface area contributed by atoms with Gasteiger partial charge in [-0.25, -0.2) is 12.8 Å². The Labute approximate surface area is 270 Å². The van der Waals surface area contributed by atoms with E-state index >= 15 is 0 Å². The first-order valence-corrected chi connectivity index (χ1v) is 18.5. The molecule has 0 bridgehead atoms. The molecule has 0 amide bonds. The lowest BCUT2D eigenvalue weighted by molar-refractivity contribution is 0.160. The highest BCUT2D eigenvalue weighted by atomic mass is 32.2. The lowest BCUT2D eigenvalue weighted by Gasteiger charge is -2.44. The van der Waals surface area contributed by atoms with Crippen LogP contribution in [0.25, 0.3) is 10.9 Å². The Morgan fingerprint density at radius 3 is 2.29 bits per heavy atom. The van der Waals surface area contributed by atoms with Crippen LogP contribution in [0.4, 0.5) is 15.8 Å². The summed E-state index contributed by atoms with van der Waals surface area (Å²) in [4.78, 5) is 13.3. The molecule has 2 aliphatic rings. The smallest absolute Gasteiger partial charge is 0.210 e. The summed E-state index contributed by atoms with van der Waals surface area (Å²) >= 11 is 1.64. The van der Waals surface area contributed by atoms with Crippen LogP contribution in [-0.2, 0) is 9.84 Å². The van der Waals surface area contributed by atoms with Crippen LogP contribution in [0.5, 0.6) is 5.75 Å². The van der Waals surface area contributed by atoms with Crippen molar-refractivity contribution < 1.29 is 17.5 Å². The van der Waals surface area contributed by atoms with Gasteiger partial charge >= 0.3 is 0 Å². The van der Waals surface area contributed by atoms with Crippen LogP contribution in [0.1, 0.15) is 32.6 Å². The van der Waals surface area contributed by atoms with Gasteiger partial charge in [0.2, 0.25) is 9.84 Å². The minimum atomic E-state index is -3.85. The number of rotatable bonds is 10. The molecule has 1 aromatic heterocycles. The van der Waals surface area contributed by atoms with Crippen molar-refractivity contribution in [2.24, 2.45) is 0 Å². The Morgan fingerprint density at radius 1 is 0.911 bits per heavy atom. The Kier molecular flexibility index (Phi) is 9.82. The number of benzene rings is 3. The van der Waals surface area contributed by atoms with Crippen LogP contribution in [0.2, 0.25) is 0 Å². The summed E-state index contributed by atoms with van der Waals surface area (Å²) in [5, 5.41) is 0.869. The normalized spacial score (nSPS) is 16.8. The van der Waals surface area contributed by atoms with Crippen molar-refractivity contribution in [1.82, 2.24) is 9.88 Å². The highest BCUT2D eigenvalue weighted by Gasteiger charge is 2.32. The van der Waals surface area contributed by atoms with Crippen LogP contribution in [0, 0.1) is 5.82 Å². The molecule has 0 spiro atoms. The maximum absolute atomic E-state index is 14.2. The predicted molar refractivity (Wildman–Crippen MR) is 181 cm³/mol. The van der Waals surface area contributed by atoms with Gasteiger partial charge in [0.15, 0.2) is 0 Å². The number of nitrogens with zero attached hydrogens (tertiary/aromatic N) is 4. The molecular formula is C35H41FN4O3S2. The average molecular weight is 649 g/mol. The van der Waals surface area contributed by atoms with Crippen molar-refractivity contribution in [2.45, 2.75) is 53.3 Å². The lowest BCUT2D eigenvalue weighted by Crippen LogP contribution is -2.53. The fraction of sp³-hybridized carbons (Fsp3) is 0.400. The van der Waals surface area contributed by atoms with Gasteiger partial charge in [-0.15, -0.1) is 11.8 Å². The number of piperidine rings is 1. The SMILES string of the molecule is CCCCOc1ccc(S(=O)(=O)c2cnc3ccc(SC)cc3c2N2CCC(N3CCN(c4ccc(F)cc4)CC3)CC2)cc1. The van der Waals surface area contributed by atoms with Crippen molar-refractivity contribution >= 4 is 43.9 Å². The Morgan fingerprint density at radius 2 is 1.62 bits per heavy atom. The Balaban J connectivity index is 1.22. The van der Waals surface area contributed by atoms with Gasteiger partial charge in [0.1, 0.15) is 16.5 Å². The molecule has 3 aromatic carbocycles. The van der Waals surface area contributed by atoms with Gasteiger partial charge < -0.3 is 14.5 Å². The highest BCUT2D eigenvalue weighted by Crippen LogP contribution is 2.39. The number of unbranched alkanes of at least 4 members (excludes halogenated alkanes) is 1. The molecule has 0 atom stereocenters. The van der Waals surface area contributed by atoms with E-state index in [-0.39, 0.29) is 15.6 Å². The number of anilines is 2. The Bertz CT molecular complexity index is 1700. The molecule has 45 heavy (non-hydrogen) atoms. The second kappa shape index (κ2) is 14.0. The maximum Gasteiger partial charge on any atom is 0.210 e. The van der Waals surface area contributed by atoms with E-state index in [2.05, 4.69) is 32.7 Å². The van der Waals surface area contributed by atoms with E-state index in [4.69, 9.17) is 4.74 Å². The summed E-state index contributed by atoms with van der Waals surface area (Å²) in [5.74, 6) is 0.460. The van der Waals surface area contributed by atoms with Gasteiger partial charge in [0, 0.05) is 67.5 Å². The molecule has 3 heterocycles. The Hall–Kier alpha value is -3.34. The van der Waals surface area contributed by atoms with Crippen molar-refractivity contribution in [3.05, 3.63) is 78.7 Å². The van der Waals surface area contributed by atoms with E-state index in [1.54, 1.807) is 36.0 Å². The number of halogens is 1. The first kappa shape index (κ1) is 31.6. The predicted octanol–water partition coefficient (Wildman–Crippen LogP) is 6.90. The molecule has 10 heteroatoms. The zero-order valence-corrected chi connectivity index (χ0v) is 27.6. The van der Waals surface area contributed by atoms with E-state index < -0.39 is 9.84 Å². The van der Waals surface area contributed by atoms with Gasteiger partial charge in [-0.3, -0.25) is 9.88 Å². The summed E-state index contributed by atoms with van der Waals surface area (Å²) in [5.41, 5.74) is 2.60. The van der Waals surface area contributed by atoms with Crippen LogP contribution >= 0.6 is 11.8 Å². The molecule has 0 N–H and O–H groups in total. The second-order valence-corrected chi connectivity index (χ2v) is 14.5. The third-order valence-corrected chi connectivity index (χ3v) is 11.5. The molecule has 7 nitrogen and oxygen atoms in total. The molecule has 4 aromatic rings. The number of ether oxygens (including phenoxy) is 1. The lowest BCUT2D eigenvalue weighted by atomic mass is 10.0. The number of hydrogen-bond acceptors (Lipinski definition) is 8. The highest BCUT2D eigenvalue weighted by molar-refractivity contribution is 7.98. The number of pyridine rings is 1. The first-order chi connectivity index (χ1) is 21.9. The number of thioether (sulfide) groups is 1. The van der Waals surface area contributed by atoms with Gasteiger partial charge in [-0.2, -0.15) is 0 Å². The van der Waals surface area contributed by atoms with Gasteiger partial charge in [0.25, 0.3) is 0 Å². The zero-order chi connectivity index (χ0) is 31.4. The molecular weight excluding hydrogens is 608 g/mol. The minimum Gasteiger partial charge on any atom is -0.494 e. The monoisotopic (exact) mass is 648 g/mol. The second-order valence-electron chi connectivity index (χ2n) is 11.7. The van der Waals surface area contributed by atoms with Gasteiger partial charge in [-0.1, -0.05) is 13.3 Å². The van der Waals surface area contributed by atoms with Crippen LogP contribution in [0.3, 0.4) is 0 Å². The molecule has 2 aliphatic heterocycles. The van der Waals surface area contributed by atoms with E-state index in [0.29, 0.717) is 18.4 Å². The molecule has 0 radical (unpaired) electrons. The first-order valence-electron chi connectivity index (χ1n) is 15.8. The number of aromatic nitrogens is 1. The fourth-order valence-electron chi connectivity index (χ4n) is 6.42. The molecule has 6 rings (SSSR count). The third-order valence-electron chi connectivity index (χ3n) is 9.01. The standard InChI is InChI=1S/C35H41FN4O3S2/c1-3-4-23-43-29-9-12-31(13-10-29)45(41,42)34-25-37-33-14-11-30(44-2)24-32(33)35(34)40-17-15-28(16-18-40)39-21-19-38(20-22-39)27-7-5-26(36)6-8-27/h5-14,24-25,28H,3-4,15-23H2,1-2H3. The van der Waals surface area contributed by atoms with Crippen molar-refractivity contribution in [1.29, 1.82) is 0 Å². The summed E-state index contributed by atoms with van der Waals surface area (Å²) in [6.45, 7) is 7.96. The van der Waals surface area contributed by atoms with E-state index in [9.17, 15) is 12.8 Å². The maximum atomic E-state index is 14.2. The molecule has 0 aliphatic carbocycles. The molecule has 2 fully saturated rings. The van der Waals surface area contributed by atoms with E-state index in [1.165, 1.54) is 18.3 Å². The van der Waals surface area contributed by atoms with Crippen molar-refractivity contribution in [3.8, 4) is 5.75 Å². The molecule has 2 saturated heterocycles. The van der Waals surface area contributed by atoms with Crippen LogP contribution in [0.15, 0.2) is 87.6 Å². The molecule has 238 valence electrons. The summed E-state index contributed by atoms with van der Waals surface area (Å²) in [6, 6.07) is 20.0. The average Bonchev–Trinajstić information content (AvgIpc) is 3.08. The number of sulfone groups is 1. The van der Waals surface area contributed by atoms with Gasteiger partial charge in [-0.05, 0) is 92.2 Å². The van der Waals surface area contributed by atoms with E-state index in [1.807, 2.05) is 30.5 Å². The topological polar surface area (TPSA) is 66.0 Å². The largest absolute Gasteiger partial charge is 0.494 e. The molecule has 0 unspecified atom stereocenters. The zero-order valence-electron chi connectivity index (χ0n) is 26.0. The third kappa shape index (κ3) is 6.93.